The van der Waals surface area contributed by atoms with Crippen LogP contribution in [0.25, 0.3) is 0 Å². The van der Waals surface area contributed by atoms with Crippen molar-refractivity contribution in [2.24, 2.45) is 5.92 Å². The summed E-state index contributed by atoms with van der Waals surface area (Å²) >= 11 is 0. The first-order valence-electron chi connectivity index (χ1n) is 7.23. The summed E-state index contributed by atoms with van der Waals surface area (Å²) in [5, 5.41) is 3.39. The summed E-state index contributed by atoms with van der Waals surface area (Å²) in [5.74, 6) is 1.86. The van der Waals surface area contributed by atoms with Crippen LogP contribution in [0, 0.1) is 5.92 Å². The maximum atomic E-state index is 5.25. The molecule has 1 aromatic heterocycles. The van der Waals surface area contributed by atoms with Crippen molar-refractivity contribution in [3.63, 3.8) is 0 Å². The first-order chi connectivity index (χ1) is 9.35. The van der Waals surface area contributed by atoms with Gasteiger partial charge in [-0.1, -0.05) is 13.0 Å². The molecule has 4 heteroatoms. The lowest BCUT2D eigenvalue weighted by atomic mass is 9.97. The third-order valence-electron chi connectivity index (χ3n) is 3.75. The molecule has 0 unspecified atom stereocenters. The number of hydrogen-bond donors (Lipinski definition) is 1. The Morgan fingerprint density at radius 3 is 2.89 bits per heavy atom. The number of rotatable bonds is 6. The van der Waals surface area contributed by atoms with Gasteiger partial charge in [0.2, 0.25) is 0 Å². The van der Waals surface area contributed by atoms with Gasteiger partial charge in [-0.2, -0.15) is 0 Å². The highest BCUT2D eigenvalue weighted by molar-refractivity contribution is 5.47. The van der Waals surface area contributed by atoms with Gasteiger partial charge in [0.1, 0.15) is 5.82 Å². The van der Waals surface area contributed by atoms with E-state index < -0.39 is 0 Å². The zero-order chi connectivity index (χ0) is 13.5. The number of pyridine rings is 1. The van der Waals surface area contributed by atoms with Crippen molar-refractivity contribution >= 4 is 5.82 Å². The van der Waals surface area contributed by atoms with E-state index in [1.54, 1.807) is 7.11 Å². The molecular formula is C15H25N3O. The van der Waals surface area contributed by atoms with Gasteiger partial charge in [-0.05, 0) is 31.4 Å². The largest absolute Gasteiger partial charge is 0.384 e. The average Bonchev–Trinajstić information content (AvgIpc) is 2.47. The fraction of sp³-hybridized carbons (Fsp3) is 0.667. The second-order valence-corrected chi connectivity index (χ2v) is 5.15. The molecule has 0 radical (unpaired) electrons. The van der Waals surface area contributed by atoms with Crippen LogP contribution in [0.15, 0.2) is 18.3 Å². The number of aromatic nitrogens is 1. The molecule has 1 saturated heterocycles. The van der Waals surface area contributed by atoms with Crippen LogP contribution < -0.4 is 10.2 Å². The van der Waals surface area contributed by atoms with Crippen molar-refractivity contribution in [3.8, 4) is 0 Å². The minimum absolute atomic E-state index is 0.710. The van der Waals surface area contributed by atoms with Gasteiger partial charge in [0.15, 0.2) is 0 Å². The second kappa shape index (κ2) is 7.46. The fourth-order valence-corrected chi connectivity index (χ4v) is 2.66. The quantitative estimate of drug-likeness (QED) is 0.852. The maximum Gasteiger partial charge on any atom is 0.133 e. The third-order valence-corrected chi connectivity index (χ3v) is 3.75. The van der Waals surface area contributed by atoms with Gasteiger partial charge in [-0.3, -0.25) is 0 Å². The number of piperidine rings is 1. The molecule has 0 atom stereocenters. The summed E-state index contributed by atoms with van der Waals surface area (Å²) in [5.41, 5.74) is 1.30. The summed E-state index contributed by atoms with van der Waals surface area (Å²) in [4.78, 5) is 7.00. The number of nitrogens with one attached hydrogen (secondary N) is 1. The molecule has 0 amide bonds. The fourth-order valence-electron chi connectivity index (χ4n) is 2.66. The number of nitrogens with zero attached hydrogens (tertiary/aromatic N) is 2. The van der Waals surface area contributed by atoms with Gasteiger partial charge < -0.3 is 15.0 Å². The smallest absolute Gasteiger partial charge is 0.133 e. The van der Waals surface area contributed by atoms with Crippen LogP contribution in [0.4, 0.5) is 5.82 Å². The Morgan fingerprint density at radius 2 is 2.21 bits per heavy atom. The zero-order valence-electron chi connectivity index (χ0n) is 12.1. The number of hydrogen-bond acceptors (Lipinski definition) is 4. The Balaban J connectivity index is 1.98. The molecule has 1 aromatic rings. The van der Waals surface area contributed by atoms with E-state index in [1.807, 2.05) is 12.3 Å². The van der Waals surface area contributed by atoms with E-state index in [1.165, 1.54) is 18.4 Å². The maximum absolute atomic E-state index is 5.25. The normalized spacial score (nSPS) is 16.8. The van der Waals surface area contributed by atoms with E-state index in [2.05, 4.69) is 28.2 Å². The number of anilines is 1. The standard InChI is InChI=1S/C15H25N3O/c1-3-16-11-14-5-4-8-17-15(14)18-9-6-13(7-10-18)12-19-2/h4-5,8,13,16H,3,6-7,9-12H2,1-2H3. The number of ether oxygens (including phenoxy) is 1. The van der Waals surface area contributed by atoms with Crippen LogP contribution in [0.5, 0.6) is 0 Å². The molecule has 1 fully saturated rings. The van der Waals surface area contributed by atoms with Crippen LogP contribution in [0.2, 0.25) is 0 Å². The van der Waals surface area contributed by atoms with Crippen LogP contribution >= 0.6 is 0 Å². The van der Waals surface area contributed by atoms with Crippen molar-refractivity contribution < 1.29 is 4.74 Å². The van der Waals surface area contributed by atoms with Gasteiger partial charge >= 0.3 is 0 Å². The Hall–Kier alpha value is -1.13. The first kappa shape index (κ1) is 14.3. The summed E-state index contributed by atoms with van der Waals surface area (Å²) < 4.78 is 5.25. The molecule has 4 nitrogen and oxygen atoms in total. The van der Waals surface area contributed by atoms with Crippen LogP contribution in [-0.4, -0.2) is 38.3 Å². The monoisotopic (exact) mass is 263 g/mol. The van der Waals surface area contributed by atoms with Gasteiger partial charge in [-0.15, -0.1) is 0 Å². The summed E-state index contributed by atoms with van der Waals surface area (Å²) in [7, 11) is 1.79. The minimum Gasteiger partial charge on any atom is -0.384 e. The molecule has 0 aromatic carbocycles. The van der Waals surface area contributed by atoms with Gasteiger partial charge in [0.05, 0.1) is 0 Å². The van der Waals surface area contributed by atoms with E-state index in [0.717, 1.165) is 38.6 Å². The molecule has 1 aliphatic rings. The van der Waals surface area contributed by atoms with Crippen molar-refractivity contribution in [1.29, 1.82) is 0 Å². The molecule has 0 saturated carbocycles. The molecule has 1 aliphatic heterocycles. The first-order valence-corrected chi connectivity index (χ1v) is 7.23. The number of methoxy groups -OCH3 is 1. The average molecular weight is 263 g/mol. The van der Waals surface area contributed by atoms with Crippen molar-refractivity contribution in [2.75, 3.05) is 38.3 Å². The molecule has 106 valence electrons. The van der Waals surface area contributed by atoms with Crippen LogP contribution in [0.1, 0.15) is 25.3 Å². The molecular weight excluding hydrogens is 238 g/mol. The molecule has 2 heterocycles. The summed E-state index contributed by atoms with van der Waals surface area (Å²) in [6.45, 7) is 7.09. The molecule has 1 N–H and O–H groups in total. The Morgan fingerprint density at radius 1 is 1.42 bits per heavy atom. The van der Waals surface area contributed by atoms with Crippen molar-refractivity contribution in [1.82, 2.24) is 10.3 Å². The van der Waals surface area contributed by atoms with Gasteiger partial charge in [0.25, 0.3) is 0 Å². The second-order valence-electron chi connectivity index (χ2n) is 5.15. The van der Waals surface area contributed by atoms with Gasteiger partial charge in [0, 0.05) is 45.1 Å². The molecule has 0 aliphatic carbocycles. The predicted octanol–water partition coefficient (Wildman–Crippen LogP) is 2.05. The third kappa shape index (κ3) is 3.91. The topological polar surface area (TPSA) is 37.4 Å². The summed E-state index contributed by atoms with van der Waals surface area (Å²) in [6, 6.07) is 4.19. The SMILES string of the molecule is CCNCc1cccnc1N1CCC(COC)CC1. The minimum atomic E-state index is 0.710. The molecule has 0 spiro atoms. The van der Waals surface area contributed by atoms with Gasteiger partial charge in [-0.25, -0.2) is 4.98 Å². The van der Waals surface area contributed by atoms with E-state index in [9.17, 15) is 0 Å². The Labute approximate surface area is 116 Å². The Bertz CT molecular complexity index is 375. The zero-order valence-corrected chi connectivity index (χ0v) is 12.1. The predicted molar refractivity (Wildman–Crippen MR) is 78.4 cm³/mol. The lowest BCUT2D eigenvalue weighted by Crippen LogP contribution is -2.36. The van der Waals surface area contributed by atoms with Crippen molar-refractivity contribution in [2.45, 2.75) is 26.3 Å². The highest BCUT2D eigenvalue weighted by Crippen LogP contribution is 2.24. The highest BCUT2D eigenvalue weighted by Gasteiger charge is 2.21. The Kier molecular flexibility index (Phi) is 5.61. The highest BCUT2D eigenvalue weighted by atomic mass is 16.5. The molecule has 2 rings (SSSR count). The van der Waals surface area contributed by atoms with E-state index in [-0.39, 0.29) is 0 Å². The molecule has 0 bridgehead atoms. The lowest BCUT2D eigenvalue weighted by Gasteiger charge is -2.33. The lowest BCUT2D eigenvalue weighted by molar-refractivity contribution is 0.139. The van der Waals surface area contributed by atoms with E-state index in [4.69, 9.17) is 4.74 Å². The van der Waals surface area contributed by atoms with E-state index >= 15 is 0 Å². The summed E-state index contributed by atoms with van der Waals surface area (Å²) in [6.07, 6.45) is 4.29. The van der Waals surface area contributed by atoms with E-state index in [0.29, 0.717) is 5.92 Å². The van der Waals surface area contributed by atoms with Crippen molar-refractivity contribution in [3.05, 3.63) is 23.9 Å². The van der Waals surface area contributed by atoms with Crippen LogP contribution in [-0.2, 0) is 11.3 Å². The molecule has 19 heavy (non-hydrogen) atoms. The van der Waals surface area contributed by atoms with Crippen LogP contribution in [0.3, 0.4) is 0 Å².